The van der Waals surface area contributed by atoms with Crippen LogP contribution in [-0.4, -0.2) is 34.5 Å². The first-order chi connectivity index (χ1) is 8.58. The van der Waals surface area contributed by atoms with Crippen molar-refractivity contribution >= 4 is 11.9 Å². The van der Waals surface area contributed by atoms with Gasteiger partial charge in [0.2, 0.25) is 0 Å². The summed E-state index contributed by atoms with van der Waals surface area (Å²) in [7, 11) is 0. The summed E-state index contributed by atoms with van der Waals surface area (Å²) in [5.41, 5.74) is 1.74. The van der Waals surface area contributed by atoms with Crippen LogP contribution in [0, 0.1) is 6.92 Å². The van der Waals surface area contributed by atoms with Crippen LogP contribution < -0.4 is 0 Å². The van der Waals surface area contributed by atoms with Crippen LogP contribution in [0.25, 0.3) is 0 Å². The second kappa shape index (κ2) is 5.21. The minimum Gasteiger partial charge on any atom is -0.481 e. The molecular weight excluding hydrogens is 230 g/mol. The molecule has 0 atom stereocenters. The molecular formula is C14H17NO3. The third-order valence-corrected chi connectivity index (χ3v) is 3.11. The molecule has 1 aromatic rings. The molecule has 0 aliphatic heterocycles. The lowest BCUT2D eigenvalue weighted by Crippen LogP contribution is -2.34. The molecule has 0 saturated heterocycles. The van der Waals surface area contributed by atoms with Crippen LogP contribution in [0.2, 0.25) is 0 Å². The van der Waals surface area contributed by atoms with Gasteiger partial charge in [-0.15, -0.1) is 0 Å². The zero-order chi connectivity index (χ0) is 13.1. The zero-order valence-electron chi connectivity index (χ0n) is 10.4. The van der Waals surface area contributed by atoms with Gasteiger partial charge >= 0.3 is 5.97 Å². The Bertz CT molecular complexity index is 449. The van der Waals surface area contributed by atoms with Crippen molar-refractivity contribution < 1.29 is 14.7 Å². The highest BCUT2D eigenvalue weighted by Crippen LogP contribution is 2.28. The Labute approximate surface area is 106 Å². The van der Waals surface area contributed by atoms with E-state index in [9.17, 15) is 9.59 Å². The lowest BCUT2D eigenvalue weighted by atomic mass is 10.1. The third-order valence-electron chi connectivity index (χ3n) is 3.11. The number of carboxylic acid groups (broad SMARTS) is 1. The fraction of sp³-hybridized carbons (Fsp3) is 0.429. The van der Waals surface area contributed by atoms with Gasteiger partial charge in [0, 0.05) is 18.2 Å². The number of aliphatic carboxylic acids is 1. The normalized spacial score (nSPS) is 14.3. The van der Waals surface area contributed by atoms with E-state index < -0.39 is 5.97 Å². The van der Waals surface area contributed by atoms with Crippen molar-refractivity contribution in [3.05, 3.63) is 35.4 Å². The molecule has 0 unspecified atom stereocenters. The maximum atomic E-state index is 12.3. The van der Waals surface area contributed by atoms with Gasteiger partial charge in [-0.1, -0.05) is 17.7 Å². The summed E-state index contributed by atoms with van der Waals surface area (Å²) >= 11 is 0. The van der Waals surface area contributed by atoms with Gasteiger partial charge in [-0.05, 0) is 31.9 Å². The Balaban J connectivity index is 2.07. The smallest absolute Gasteiger partial charge is 0.305 e. The topological polar surface area (TPSA) is 57.6 Å². The monoisotopic (exact) mass is 247 g/mol. The molecule has 1 aliphatic carbocycles. The molecule has 0 bridgehead atoms. The molecule has 1 amide bonds. The van der Waals surface area contributed by atoms with Gasteiger partial charge in [-0.2, -0.15) is 0 Å². The van der Waals surface area contributed by atoms with E-state index in [0.29, 0.717) is 12.1 Å². The van der Waals surface area contributed by atoms with Gasteiger partial charge in [0.25, 0.3) is 5.91 Å². The lowest BCUT2D eigenvalue weighted by Gasteiger charge is -2.21. The summed E-state index contributed by atoms with van der Waals surface area (Å²) in [5.74, 6) is -0.920. The predicted molar refractivity (Wildman–Crippen MR) is 67.5 cm³/mol. The summed E-state index contributed by atoms with van der Waals surface area (Å²) in [6, 6.07) is 7.63. The minimum atomic E-state index is -0.864. The van der Waals surface area contributed by atoms with Crippen molar-refractivity contribution in [3.63, 3.8) is 0 Å². The molecule has 4 nitrogen and oxygen atoms in total. The SMILES string of the molecule is Cc1ccc(C(=O)N(CCC(=O)O)C2CC2)cc1. The first-order valence-electron chi connectivity index (χ1n) is 6.17. The van der Waals surface area contributed by atoms with Gasteiger partial charge in [0.05, 0.1) is 6.42 Å². The molecule has 18 heavy (non-hydrogen) atoms. The molecule has 0 heterocycles. The molecule has 1 N–H and O–H groups in total. The van der Waals surface area contributed by atoms with Gasteiger partial charge in [0.15, 0.2) is 0 Å². The quantitative estimate of drug-likeness (QED) is 0.866. The fourth-order valence-corrected chi connectivity index (χ4v) is 1.91. The van der Waals surface area contributed by atoms with E-state index in [-0.39, 0.29) is 18.4 Å². The number of hydrogen-bond donors (Lipinski definition) is 1. The van der Waals surface area contributed by atoms with E-state index in [1.165, 1.54) is 0 Å². The highest BCUT2D eigenvalue weighted by Gasteiger charge is 2.33. The number of hydrogen-bond acceptors (Lipinski definition) is 2. The van der Waals surface area contributed by atoms with E-state index in [2.05, 4.69) is 0 Å². The molecule has 0 aromatic heterocycles. The minimum absolute atomic E-state index is 0.00804. The number of carbonyl (C=O) groups excluding carboxylic acids is 1. The van der Waals surface area contributed by atoms with E-state index in [1.54, 1.807) is 17.0 Å². The van der Waals surface area contributed by atoms with Crippen LogP contribution >= 0.6 is 0 Å². The van der Waals surface area contributed by atoms with Crippen molar-refractivity contribution in [2.24, 2.45) is 0 Å². The Morgan fingerprint density at radius 2 is 1.89 bits per heavy atom. The number of amides is 1. The molecule has 2 rings (SSSR count). The summed E-state index contributed by atoms with van der Waals surface area (Å²) in [6.07, 6.45) is 1.97. The number of carboxylic acids is 1. The van der Waals surface area contributed by atoms with Gasteiger partial charge in [-0.3, -0.25) is 9.59 Å². The number of nitrogens with zero attached hydrogens (tertiary/aromatic N) is 1. The number of carbonyl (C=O) groups is 2. The summed E-state index contributed by atoms with van der Waals surface area (Å²) in [5, 5.41) is 8.72. The van der Waals surface area contributed by atoms with E-state index in [1.807, 2.05) is 19.1 Å². The standard InChI is InChI=1S/C14H17NO3/c1-10-2-4-11(5-3-10)14(18)15(12-6-7-12)9-8-13(16)17/h2-5,12H,6-9H2,1H3,(H,16,17). The Hall–Kier alpha value is -1.84. The molecule has 0 radical (unpaired) electrons. The van der Waals surface area contributed by atoms with Gasteiger partial charge < -0.3 is 10.0 Å². The second-order valence-corrected chi connectivity index (χ2v) is 4.74. The van der Waals surface area contributed by atoms with Crippen LogP contribution in [-0.2, 0) is 4.79 Å². The van der Waals surface area contributed by atoms with Crippen molar-refractivity contribution in [3.8, 4) is 0 Å². The van der Waals surface area contributed by atoms with E-state index >= 15 is 0 Å². The number of benzene rings is 1. The van der Waals surface area contributed by atoms with Crippen LogP contribution in [0.3, 0.4) is 0 Å². The van der Waals surface area contributed by atoms with Crippen LogP contribution in [0.1, 0.15) is 35.2 Å². The first-order valence-corrected chi connectivity index (χ1v) is 6.17. The highest BCUT2D eigenvalue weighted by atomic mass is 16.4. The third kappa shape index (κ3) is 3.09. The molecule has 1 aliphatic rings. The van der Waals surface area contributed by atoms with Crippen molar-refractivity contribution in [1.29, 1.82) is 0 Å². The van der Waals surface area contributed by atoms with Crippen LogP contribution in [0.15, 0.2) is 24.3 Å². The van der Waals surface area contributed by atoms with Crippen molar-refractivity contribution in [2.75, 3.05) is 6.54 Å². The van der Waals surface area contributed by atoms with Crippen molar-refractivity contribution in [2.45, 2.75) is 32.2 Å². The van der Waals surface area contributed by atoms with Crippen LogP contribution in [0.5, 0.6) is 0 Å². The van der Waals surface area contributed by atoms with Gasteiger partial charge in [-0.25, -0.2) is 0 Å². The molecule has 1 fully saturated rings. The average Bonchev–Trinajstić information content (AvgIpc) is 3.14. The summed E-state index contributed by atoms with van der Waals surface area (Å²) in [4.78, 5) is 24.6. The molecule has 0 spiro atoms. The first kappa shape index (κ1) is 12.6. The van der Waals surface area contributed by atoms with Crippen molar-refractivity contribution in [1.82, 2.24) is 4.90 Å². The maximum absolute atomic E-state index is 12.3. The summed E-state index contributed by atoms with van der Waals surface area (Å²) < 4.78 is 0. The number of rotatable bonds is 5. The van der Waals surface area contributed by atoms with E-state index in [0.717, 1.165) is 18.4 Å². The summed E-state index contributed by atoms with van der Waals surface area (Å²) in [6.45, 7) is 2.27. The number of aryl methyl sites for hydroxylation is 1. The lowest BCUT2D eigenvalue weighted by molar-refractivity contribution is -0.137. The molecule has 1 aromatic carbocycles. The van der Waals surface area contributed by atoms with Crippen LogP contribution in [0.4, 0.5) is 0 Å². The Morgan fingerprint density at radius 3 is 2.39 bits per heavy atom. The maximum Gasteiger partial charge on any atom is 0.305 e. The molecule has 4 heteroatoms. The Morgan fingerprint density at radius 1 is 1.28 bits per heavy atom. The fourth-order valence-electron chi connectivity index (χ4n) is 1.91. The van der Waals surface area contributed by atoms with E-state index in [4.69, 9.17) is 5.11 Å². The molecule has 96 valence electrons. The second-order valence-electron chi connectivity index (χ2n) is 4.74. The average molecular weight is 247 g/mol. The van der Waals surface area contributed by atoms with Gasteiger partial charge in [0.1, 0.15) is 0 Å². The zero-order valence-corrected chi connectivity index (χ0v) is 10.4. The highest BCUT2D eigenvalue weighted by molar-refractivity contribution is 5.94. The molecule has 1 saturated carbocycles. The predicted octanol–water partition coefficient (Wildman–Crippen LogP) is 2.07. The largest absolute Gasteiger partial charge is 0.481 e. The Kier molecular flexibility index (Phi) is 3.65.